The SMILES string of the molecule is COc1ccc(Cl)cc1NC(=O)CCN1C(=O)[C@H]2[C@@H]3C=C[C@H]([C@H]4C[C@H]34)[C@@H]2C1=O. The van der Waals surface area contributed by atoms with E-state index >= 15 is 0 Å². The number of hydrogen-bond acceptors (Lipinski definition) is 4. The summed E-state index contributed by atoms with van der Waals surface area (Å²) in [6.45, 7) is 0.105. The number of likely N-dealkylation sites (tertiary alicyclic amines) is 1. The van der Waals surface area contributed by atoms with Crippen LogP contribution in [0.5, 0.6) is 5.75 Å². The molecule has 0 unspecified atom stereocenters. The van der Waals surface area contributed by atoms with E-state index in [0.717, 1.165) is 6.42 Å². The van der Waals surface area contributed by atoms with Crippen LogP contribution >= 0.6 is 11.6 Å². The summed E-state index contributed by atoms with van der Waals surface area (Å²) in [6, 6.07) is 4.95. The smallest absolute Gasteiger partial charge is 0.233 e. The van der Waals surface area contributed by atoms with Gasteiger partial charge in [0.1, 0.15) is 5.75 Å². The van der Waals surface area contributed by atoms with Crippen molar-refractivity contribution in [2.75, 3.05) is 19.0 Å². The first-order chi connectivity index (χ1) is 13.5. The summed E-state index contributed by atoms with van der Waals surface area (Å²) in [6.07, 6.45) is 5.47. The fraction of sp³-hybridized carbons (Fsp3) is 0.476. The van der Waals surface area contributed by atoms with Crippen molar-refractivity contribution in [3.8, 4) is 5.75 Å². The Morgan fingerprint density at radius 1 is 1.18 bits per heavy atom. The van der Waals surface area contributed by atoms with Gasteiger partial charge >= 0.3 is 0 Å². The van der Waals surface area contributed by atoms with Gasteiger partial charge in [0.2, 0.25) is 17.7 Å². The third-order valence-electron chi connectivity index (χ3n) is 6.75. The van der Waals surface area contributed by atoms with Crippen molar-refractivity contribution in [1.29, 1.82) is 0 Å². The van der Waals surface area contributed by atoms with Gasteiger partial charge in [0, 0.05) is 18.0 Å². The van der Waals surface area contributed by atoms with E-state index in [-0.39, 0.29) is 54.4 Å². The van der Waals surface area contributed by atoms with Crippen molar-refractivity contribution < 1.29 is 19.1 Å². The number of methoxy groups -OCH3 is 1. The van der Waals surface area contributed by atoms with Crippen LogP contribution in [0.1, 0.15) is 12.8 Å². The molecule has 1 saturated heterocycles. The van der Waals surface area contributed by atoms with Crippen LogP contribution in [-0.4, -0.2) is 36.3 Å². The zero-order valence-electron chi connectivity index (χ0n) is 15.4. The molecule has 2 bridgehead atoms. The predicted molar refractivity (Wildman–Crippen MR) is 103 cm³/mol. The van der Waals surface area contributed by atoms with Crippen LogP contribution < -0.4 is 10.1 Å². The Hall–Kier alpha value is -2.34. The van der Waals surface area contributed by atoms with Crippen molar-refractivity contribution in [2.45, 2.75) is 12.8 Å². The second kappa shape index (κ2) is 6.34. The monoisotopic (exact) mass is 400 g/mol. The van der Waals surface area contributed by atoms with E-state index in [4.69, 9.17) is 16.3 Å². The Morgan fingerprint density at radius 3 is 2.43 bits per heavy atom. The Labute approximate surface area is 167 Å². The number of nitrogens with one attached hydrogen (secondary N) is 1. The number of rotatable bonds is 5. The average molecular weight is 401 g/mol. The molecule has 146 valence electrons. The molecule has 1 N–H and O–H groups in total. The molecule has 3 fully saturated rings. The van der Waals surface area contributed by atoms with Crippen LogP contribution in [-0.2, 0) is 14.4 Å². The number of allylic oxidation sites excluding steroid dienone is 2. The molecule has 6 nitrogen and oxygen atoms in total. The summed E-state index contributed by atoms with van der Waals surface area (Å²) in [5, 5.41) is 3.23. The number of amides is 3. The molecule has 1 aliphatic heterocycles. The summed E-state index contributed by atoms with van der Waals surface area (Å²) < 4.78 is 5.22. The molecule has 28 heavy (non-hydrogen) atoms. The summed E-state index contributed by atoms with van der Waals surface area (Å²) in [7, 11) is 1.51. The first-order valence-electron chi connectivity index (χ1n) is 9.66. The van der Waals surface area contributed by atoms with E-state index in [9.17, 15) is 14.4 Å². The molecule has 6 rings (SSSR count). The first-order valence-corrected chi connectivity index (χ1v) is 10.0. The fourth-order valence-corrected chi connectivity index (χ4v) is 5.62. The maximum atomic E-state index is 12.9. The first kappa shape index (κ1) is 17.7. The Bertz CT molecular complexity index is 878. The number of ether oxygens (including phenoxy) is 1. The molecule has 0 spiro atoms. The highest BCUT2D eigenvalue weighted by molar-refractivity contribution is 6.31. The average Bonchev–Trinajstić information content (AvgIpc) is 3.46. The summed E-state index contributed by atoms with van der Waals surface area (Å²) >= 11 is 5.98. The van der Waals surface area contributed by atoms with Crippen LogP contribution in [0.3, 0.4) is 0 Å². The number of hydrogen-bond donors (Lipinski definition) is 1. The Kier molecular flexibility index (Phi) is 4.02. The normalized spacial score (nSPS) is 34.3. The highest BCUT2D eigenvalue weighted by atomic mass is 35.5. The largest absolute Gasteiger partial charge is 0.495 e. The minimum Gasteiger partial charge on any atom is -0.495 e. The lowest BCUT2D eigenvalue weighted by atomic mass is 9.63. The van der Waals surface area contributed by atoms with E-state index in [1.165, 1.54) is 12.0 Å². The van der Waals surface area contributed by atoms with Crippen molar-refractivity contribution in [2.24, 2.45) is 35.5 Å². The number of carbonyl (C=O) groups excluding carboxylic acids is 3. The molecule has 3 amide bonds. The van der Waals surface area contributed by atoms with E-state index in [1.54, 1.807) is 18.2 Å². The van der Waals surface area contributed by atoms with Gasteiger partial charge in [-0.3, -0.25) is 19.3 Å². The van der Waals surface area contributed by atoms with E-state index in [1.807, 2.05) is 0 Å². The van der Waals surface area contributed by atoms with E-state index in [0.29, 0.717) is 28.3 Å². The molecule has 1 heterocycles. The van der Waals surface area contributed by atoms with Crippen LogP contribution in [0.4, 0.5) is 5.69 Å². The zero-order valence-corrected chi connectivity index (χ0v) is 16.2. The maximum absolute atomic E-state index is 12.9. The maximum Gasteiger partial charge on any atom is 0.233 e. The third kappa shape index (κ3) is 2.58. The second-order valence-electron chi connectivity index (χ2n) is 8.13. The van der Waals surface area contributed by atoms with Gasteiger partial charge < -0.3 is 10.1 Å². The van der Waals surface area contributed by atoms with Crippen LogP contribution in [0.25, 0.3) is 0 Å². The van der Waals surface area contributed by atoms with Crippen molar-refractivity contribution in [3.63, 3.8) is 0 Å². The van der Waals surface area contributed by atoms with Gasteiger partial charge in [-0.1, -0.05) is 23.8 Å². The van der Waals surface area contributed by atoms with Crippen molar-refractivity contribution >= 4 is 35.0 Å². The molecule has 2 saturated carbocycles. The summed E-state index contributed by atoms with van der Waals surface area (Å²) in [4.78, 5) is 39.6. The van der Waals surface area contributed by atoms with Crippen LogP contribution in [0.15, 0.2) is 30.4 Å². The highest BCUT2D eigenvalue weighted by Crippen LogP contribution is 2.65. The quantitative estimate of drug-likeness (QED) is 0.609. The summed E-state index contributed by atoms with van der Waals surface area (Å²) in [5.74, 6) is 1.11. The third-order valence-corrected chi connectivity index (χ3v) is 6.99. The van der Waals surface area contributed by atoms with Gasteiger partial charge in [0.15, 0.2) is 0 Å². The lowest BCUT2D eigenvalue weighted by Crippen LogP contribution is -2.40. The molecule has 1 aromatic rings. The van der Waals surface area contributed by atoms with Gasteiger partial charge in [-0.2, -0.15) is 0 Å². The molecule has 0 aromatic heterocycles. The fourth-order valence-electron chi connectivity index (χ4n) is 5.44. The number of imide groups is 1. The molecular weight excluding hydrogens is 380 g/mol. The highest BCUT2D eigenvalue weighted by Gasteiger charge is 2.66. The van der Waals surface area contributed by atoms with Crippen molar-refractivity contribution in [1.82, 2.24) is 4.90 Å². The Balaban J connectivity index is 1.25. The molecule has 7 heteroatoms. The van der Waals surface area contributed by atoms with Gasteiger partial charge in [-0.25, -0.2) is 0 Å². The van der Waals surface area contributed by atoms with Crippen LogP contribution in [0, 0.1) is 35.5 Å². The number of benzene rings is 1. The van der Waals surface area contributed by atoms with Crippen LogP contribution in [0.2, 0.25) is 5.02 Å². The van der Waals surface area contributed by atoms with Gasteiger partial charge in [-0.05, 0) is 48.3 Å². The second-order valence-corrected chi connectivity index (χ2v) is 8.56. The molecular formula is C21H21ClN2O4. The minimum absolute atomic E-state index is 0.0439. The number of carbonyl (C=O) groups is 3. The van der Waals surface area contributed by atoms with E-state index < -0.39 is 0 Å². The standard InChI is InChI=1S/C21H21ClN2O4/c1-28-16-5-2-10(22)8-15(16)23-17(25)6-7-24-20(26)18-11-3-4-12(14-9-13(11)14)19(18)21(24)27/h2-5,8,11-14,18-19H,6-7,9H2,1H3,(H,23,25)/t11-,12-,13-,14-,18+,19+/m1/s1. The zero-order chi connectivity index (χ0) is 19.6. The predicted octanol–water partition coefficient (Wildman–Crippen LogP) is 2.73. The molecule has 6 atom stereocenters. The lowest BCUT2D eigenvalue weighted by Gasteiger charge is -2.37. The topological polar surface area (TPSA) is 75.7 Å². The van der Waals surface area contributed by atoms with Crippen molar-refractivity contribution in [3.05, 3.63) is 35.4 Å². The molecule has 0 radical (unpaired) electrons. The molecule has 5 aliphatic rings. The molecule has 1 aromatic carbocycles. The van der Waals surface area contributed by atoms with Gasteiger partial charge in [-0.15, -0.1) is 0 Å². The Morgan fingerprint density at radius 2 is 1.82 bits per heavy atom. The minimum atomic E-state index is -0.292. The van der Waals surface area contributed by atoms with E-state index in [2.05, 4.69) is 17.5 Å². The van der Waals surface area contributed by atoms with Gasteiger partial charge in [0.25, 0.3) is 0 Å². The summed E-state index contributed by atoms with van der Waals surface area (Å²) in [5.41, 5.74) is 0.468. The number of nitrogens with zero attached hydrogens (tertiary/aromatic N) is 1. The lowest BCUT2D eigenvalue weighted by molar-refractivity contribution is -0.140. The molecule has 4 aliphatic carbocycles. The number of anilines is 1. The number of halogens is 1. The van der Waals surface area contributed by atoms with Gasteiger partial charge in [0.05, 0.1) is 24.6 Å².